The predicted octanol–water partition coefficient (Wildman–Crippen LogP) is 3.65. The van der Waals surface area contributed by atoms with Crippen molar-refractivity contribution in [1.82, 2.24) is 0 Å². The first-order valence-electron chi connectivity index (χ1n) is 5.02. The Labute approximate surface area is 80.3 Å². The van der Waals surface area contributed by atoms with Crippen molar-refractivity contribution in [2.24, 2.45) is 0 Å². The van der Waals surface area contributed by atoms with Crippen LogP contribution in [-0.4, -0.2) is 0 Å². The highest BCUT2D eigenvalue weighted by atomic mass is 14.2. The van der Waals surface area contributed by atoms with Crippen molar-refractivity contribution in [3.8, 4) is 0 Å². The summed E-state index contributed by atoms with van der Waals surface area (Å²) in [5.74, 6) is 0. The molecule has 2 rings (SSSR count). The summed E-state index contributed by atoms with van der Waals surface area (Å²) in [4.78, 5) is 0. The van der Waals surface area contributed by atoms with Crippen LogP contribution in [0.4, 0.5) is 0 Å². The first-order chi connectivity index (χ1) is 6.24. The van der Waals surface area contributed by atoms with Crippen molar-refractivity contribution < 1.29 is 0 Å². The summed E-state index contributed by atoms with van der Waals surface area (Å²) in [7, 11) is 0. The van der Waals surface area contributed by atoms with Crippen molar-refractivity contribution in [2.75, 3.05) is 0 Å². The Hall–Kier alpha value is -1.04. The van der Waals surface area contributed by atoms with E-state index >= 15 is 0 Å². The van der Waals surface area contributed by atoms with Crippen LogP contribution in [0.1, 0.15) is 35.6 Å². The fourth-order valence-electron chi connectivity index (χ4n) is 2.23. The number of benzene rings is 1. The third-order valence-corrected chi connectivity index (χ3v) is 3.01. The molecule has 0 nitrogen and oxygen atoms in total. The first-order valence-corrected chi connectivity index (χ1v) is 5.02. The molecular weight excluding hydrogens is 156 g/mol. The Bertz CT molecular complexity index is 370. The molecule has 0 N–H and O–H groups in total. The lowest BCUT2D eigenvalue weighted by Crippen LogP contribution is -1.92. The third-order valence-electron chi connectivity index (χ3n) is 3.01. The molecular formula is C13H16. The molecule has 1 aromatic rings. The number of allylic oxidation sites excluding steroid dienone is 2. The highest BCUT2D eigenvalue weighted by Crippen LogP contribution is 2.33. The van der Waals surface area contributed by atoms with E-state index in [-0.39, 0.29) is 0 Å². The van der Waals surface area contributed by atoms with Gasteiger partial charge in [-0.15, -0.1) is 0 Å². The quantitative estimate of drug-likeness (QED) is 0.606. The minimum absolute atomic E-state index is 1.14. The SMILES string of the molecule is CCC1=CCc2c(C)ccc(C)c21. The second-order valence-corrected chi connectivity index (χ2v) is 3.84. The van der Waals surface area contributed by atoms with Gasteiger partial charge in [0.2, 0.25) is 0 Å². The average Bonchev–Trinajstić information content (AvgIpc) is 2.56. The molecule has 0 heteroatoms. The van der Waals surface area contributed by atoms with Crippen LogP contribution in [0.25, 0.3) is 5.57 Å². The number of rotatable bonds is 1. The monoisotopic (exact) mass is 172 g/mol. The maximum atomic E-state index is 2.38. The Morgan fingerprint density at radius 3 is 2.54 bits per heavy atom. The topological polar surface area (TPSA) is 0 Å². The predicted molar refractivity (Wildman–Crippen MR) is 57.9 cm³/mol. The van der Waals surface area contributed by atoms with Gasteiger partial charge in [-0.2, -0.15) is 0 Å². The van der Waals surface area contributed by atoms with Gasteiger partial charge in [0.05, 0.1) is 0 Å². The molecule has 1 aliphatic rings. The Kier molecular flexibility index (Phi) is 1.99. The molecule has 0 spiro atoms. The van der Waals surface area contributed by atoms with Gasteiger partial charge in [-0.05, 0) is 54.5 Å². The van der Waals surface area contributed by atoms with Crippen molar-refractivity contribution in [3.63, 3.8) is 0 Å². The Morgan fingerprint density at radius 1 is 1.15 bits per heavy atom. The van der Waals surface area contributed by atoms with E-state index in [0.29, 0.717) is 0 Å². The van der Waals surface area contributed by atoms with E-state index < -0.39 is 0 Å². The van der Waals surface area contributed by atoms with Crippen molar-refractivity contribution in [3.05, 3.63) is 40.5 Å². The second-order valence-electron chi connectivity index (χ2n) is 3.84. The summed E-state index contributed by atoms with van der Waals surface area (Å²) in [5, 5.41) is 0. The van der Waals surface area contributed by atoms with Crippen molar-refractivity contribution >= 4 is 5.57 Å². The van der Waals surface area contributed by atoms with E-state index in [1.807, 2.05) is 0 Å². The summed E-state index contributed by atoms with van der Waals surface area (Å²) in [6.07, 6.45) is 4.69. The largest absolute Gasteiger partial charge is 0.0763 e. The lowest BCUT2D eigenvalue weighted by atomic mass is 9.95. The summed E-state index contributed by atoms with van der Waals surface area (Å²) >= 11 is 0. The maximum Gasteiger partial charge on any atom is -0.00826 e. The number of hydrogen-bond acceptors (Lipinski definition) is 0. The molecule has 1 aromatic carbocycles. The van der Waals surface area contributed by atoms with E-state index in [9.17, 15) is 0 Å². The van der Waals surface area contributed by atoms with Gasteiger partial charge in [-0.3, -0.25) is 0 Å². The van der Waals surface area contributed by atoms with Crippen molar-refractivity contribution in [2.45, 2.75) is 33.6 Å². The molecule has 0 radical (unpaired) electrons. The van der Waals surface area contributed by atoms with Crippen LogP contribution in [0.2, 0.25) is 0 Å². The van der Waals surface area contributed by atoms with Crippen LogP contribution >= 0.6 is 0 Å². The van der Waals surface area contributed by atoms with E-state index in [0.717, 1.165) is 12.8 Å². The first kappa shape index (κ1) is 8.55. The fraction of sp³-hybridized carbons (Fsp3) is 0.385. The van der Waals surface area contributed by atoms with Gasteiger partial charge in [0, 0.05) is 0 Å². The van der Waals surface area contributed by atoms with E-state index in [2.05, 4.69) is 39.0 Å². The third kappa shape index (κ3) is 1.21. The Morgan fingerprint density at radius 2 is 1.85 bits per heavy atom. The van der Waals surface area contributed by atoms with Gasteiger partial charge in [0.15, 0.2) is 0 Å². The maximum absolute atomic E-state index is 2.38. The van der Waals surface area contributed by atoms with Gasteiger partial charge in [-0.1, -0.05) is 25.1 Å². The van der Waals surface area contributed by atoms with Crippen LogP contribution in [0.5, 0.6) is 0 Å². The number of aryl methyl sites for hydroxylation is 2. The molecule has 0 fully saturated rings. The van der Waals surface area contributed by atoms with Crippen LogP contribution in [-0.2, 0) is 6.42 Å². The van der Waals surface area contributed by atoms with Crippen LogP contribution in [0.3, 0.4) is 0 Å². The van der Waals surface area contributed by atoms with Gasteiger partial charge in [0.1, 0.15) is 0 Å². The van der Waals surface area contributed by atoms with E-state index in [1.165, 1.54) is 22.3 Å². The Balaban J connectivity index is 2.62. The lowest BCUT2D eigenvalue weighted by Gasteiger charge is -2.10. The molecule has 0 unspecified atom stereocenters. The molecule has 1 aliphatic carbocycles. The molecule has 0 heterocycles. The minimum Gasteiger partial charge on any atom is -0.0763 e. The summed E-state index contributed by atoms with van der Waals surface area (Å²) < 4.78 is 0. The number of hydrogen-bond donors (Lipinski definition) is 0. The number of fused-ring (bicyclic) bond motifs is 1. The zero-order chi connectivity index (χ0) is 9.42. The van der Waals surface area contributed by atoms with Crippen molar-refractivity contribution in [1.29, 1.82) is 0 Å². The van der Waals surface area contributed by atoms with Crippen LogP contribution in [0.15, 0.2) is 18.2 Å². The van der Waals surface area contributed by atoms with Gasteiger partial charge in [-0.25, -0.2) is 0 Å². The standard InChI is InChI=1S/C13H16/c1-4-11-7-8-12-9(2)5-6-10(3)13(11)12/h5-7H,4,8H2,1-3H3. The van der Waals surface area contributed by atoms with Gasteiger partial charge in [0.25, 0.3) is 0 Å². The minimum atomic E-state index is 1.14. The average molecular weight is 172 g/mol. The normalized spacial score (nSPS) is 14.2. The molecule has 0 amide bonds. The zero-order valence-electron chi connectivity index (χ0n) is 8.65. The molecule has 0 aliphatic heterocycles. The van der Waals surface area contributed by atoms with Gasteiger partial charge >= 0.3 is 0 Å². The highest BCUT2D eigenvalue weighted by molar-refractivity contribution is 5.76. The molecule has 0 saturated heterocycles. The summed E-state index contributed by atoms with van der Waals surface area (Å²) in [5.41, 5.74) is 7.50. The van der Waals surface area contributed by atoms with Crippen LogP contribution < -0.4 is 0 Å². The van der Waals surface area contributed by atoms with E-state index in [4.69, 9.17) is 0 Å². The molecule has 0 aromatic heterocycles. The molecule has 0 saturated carbocycles. The summed E-state index contributed by atoms with van der Waals surface area (Å²) in [6, 6.07) is 4.48. The molecule has 13 heavy (non-hydrogen) atoms. The zero-order valence-corrected chi connectivity index (χ0v) is 8.65. The fourth-order valence-corrected chi connectivity index (χ4v) is 2.23. The second kappa shape index (κ2) is 3.02. The highest BCUT2D eigenvalue weighted by Gasteiger charge is 2.16. The van der Waals surface area contributed by atoms with E-state index in [1.54, 1.807) is 5.56 Å². The van der Waals surface area contributed by atoms with Crippen LogP contribution in [0, 0.1) is 13.8 Å². The smallest absolute Gasteiger partial charge is 0.00826 e. The summed E-state index contributed by atoms with van der Waals surface area (Å²) in [6.45, 7) is 6.67. The molecule has 0 bridgehead atoms. The molecule has 68 valence electrons. The lowest BCUT2D eigenvalue weighted by molar-refractivity contribution is 1.20. The molecule has 0 atom stereocenters. The van der Waals surface area contributed by atoms with Gasteiger partial charge < -0.3 is 0 Å².